The van der Waals surface area contributed by atoms with Crippen LogP contribution in [0.3, 0.4) is 0 Å². The minimum Gasteiger partial charge on any atom is -0.493 e. The first-order valence-corrected chi connectivity index (χ1v) is 18.1. The fraction of sp³-hybridized carbons (Fsp3) is 0.200. The van der Waals surface area contributed by atoms with Crippen molar-refractivity contribution in [3.63, 3.8) is 0 Å². The molecular formula is C35H34N10O10S. The number of benzene rings is 2. The van der Waals surface area contributed by atoms with Crippen molar-refractivity contribution in [2.75, 3.05) is 25.0 Å². The lowest BCUT2D eigenvalue weighted by molar-refractivity contribution is -0.497. The standard InChI is InChI=1S/C35H34N10O10S/c1-21(2)25-11-12-29(37-19-25)56(49,50)42-33-30(55-28-10-5-4-9-27(28)51-3)34(39-31(38-33)23-13-14-36-26(18-23)32-40-43-44-41-32)52-15-16-53-35(46)24-8-6-7-22(17-24)20-54-45(47)48/h4-14,17-19,21,47-48H,15-16,20H2,1-3H3,(H,38,39,42)(H,40,41,43,44). The van der Waals surface area contributed by atoms with Gasteiger partial charge >= 0.3 is 5.97 Å². The van der Waals surface area contributed by atoms with Gasteiger partial charge in [0.1, 0.15) is 18.9 Å². The molecule has 0 aliphatic heterocycles. The minimum atomic E-state index is -4.40. The summed E-state index contributed by atoms with van der Waals surface area (Å²) < 4.78 is 53.4. The highest BCUT2D eigenvalue weighted by Crippen LogP contribution is 2.42. The van der Waals surface area contributed by atoms with E-state index in [1.165, 1.54) is 37.7 Å². The van der Waals surface area contributed by atoms with Crippen LogP contribution in [0.4, 0.5) is 5.82 Å². The van der Waals surface area contributed by atoms with E-state index in [0.29, 0.717) is 22.6 Å². The van der Waals surface area contributed by atoms with Crippen molar-refractivity contribution < 1.29 is 47.4 Å². The van der Waals surface area contributed by atoms with Crippen LogP contribution in [0.25, 0.3) is 22.9 Å². The summed E-state index contributed by atoms with van der Waals surface area (Å²) in [4.78, 5) is 35.1. The monoisotopic (exact) mass is 786 g/mol. The zero-order chi connectivity index (χ0) is 39.7. The first kappa shape index (κ1) is 39.1. The number of tetrazole rings is 1. The van der Waals surface area contributed by atoms with Crippen molar-refractivity contribution in [3.05, 3.63) is 102 Å². The maximum atomic E-state index is 13.9. The van der Waals surface area contributed by atoms with Crippen molar-refractivity contribution in [1.29, 1.82) is 0 Å². The van der Waals surface area contributed by atoms with Gasteiger partial charge in [0.2, 0.25) is 5.75 Å². The summed E-state index contributed by atoms with van der Waals surface area (Å²) in [7, 11) is -2.96. The number of anilines is 1. The SMILES string of the molecule is COc1ccccc1Oc1c(NS(=O)(=O)c2ccc(C(C)C)cn2)nc(-c2ccnc(-c3nnn[nH]3)c2)nc1OCCOC(=O)c1cccc(CON(O)O)c1. The number of ether oxygens (including phenoxy) is 4. The first-order chi connectivity index (χ1) is 27.0. The lowest BCUT2D eigenvalue weighted by atomic mass is 10.1. The lowest BCUT2D eigenvalue weighted by Gasteiger charge is -2.18. The van der Waals surface area contributed by atoms with Gasteiger partial charge in [0.05, 0.1) is 24.7 Å². The second-order valence-corrected chi connectivity index (χ2v) is 13.5. The zero-order valence-electron chi connectivity index (χ0n) is 29.9. The fourth-order valence-electron chi connectivity index (χ4n) is 4.95. The molecule has 0 saturated carbocycles. The number of aromatic nitrogens is 8. The Morgan fingerprint density at radius 3 is 2.50 bits per heavy atom. The third kappa shape index (κ3) is 9.71. The van der Waals surface area contributed by atoms with E-state index in [4.69, 9.17) is 29.4 Å². The van der Waals surface area contributed by atoms with Gasteiger partial charge in [0.25, 0.3) is 15.9 Å². The topological polar surface area (TPSA) is 259 Å². The average molecular weight is 787 g/mol. The highest BCUT2D eigenvalue weighted by molar-refractivity contribution is 7.92. The minimum absolute atomic E-state index is 0.0235. The summed E-state index contributed by atoms with van der Waals surface area (Å²) in [6.45, 7) is 3.10. The van der Waals surface area contributed by atoms with Gasteiger partial charge in [-0.15, -0.1) is 5.10 Å². The Kier molecular flexibility index (Phi) is 12.3. The smallest absolute Gasteiger partial charge is 0.338 e. The number of nitrogens with one attached hydrogen (secondary N) is 2. The predicted octanol–water partition coefficient (Wildman–Crippen LogP) is 4.59. The van der Waals surface area contributed by atoms with Crippen LogP contribution in [0.5, 0.6) is 23.1 Å². The van der Waals surface area contributed by atoms with Gasteiger partial charge in [-0.05, 0) is 69.9 Å². The van der Waals surface area contributed by atoms with Crippen molar-refractivity contribution >= 4 is 21.8 Å². The number of rotatable bonds is 17. The highest BCUT2D eigenvalue weighted by Gasteiger charge is 2.27. The van der Waals surface area contributed by atoms with Gasteiger partial charge in [-0.3, -0.25) is 20.1 Å². The Bertz CT molecular complexity index is 2380. The molecule has 0 fully saturated rings. The van der Waals surface area contributed by atoms with E-state index in [1.54, 1.807) is 54.6 Å². The summed E-state index contributed by atoms with van der Waals surface area (Å²) >= 11 is 0. The number of carbonyl (C=O) groups excluding carboxylic acids is 1. The number of pyridine rings is 2. The molecule has 21 heteroatoms. The number of para-hydroxylation sites is 2. The number of methoxy groups -OCH3 is 1. The number of aromatic amines is 1. The Morgan fingerprint density at radius 2 is 1.79 bits per heavy atom. The molecule has 0 saturated heterocycles. The van der Waals surface area contributed by atoms with Gasteiger partial charge in [0.15, 0.2) is 34.0 Å². The van der Waals surface area contributed by atoms with Gasteiger partial charge < -0.3 is 18.9 Å². The number of carbonyl (C=O) groups is 1. The molecule has 0 aliphatic carbocycles. The van der Waals surface area contributed by atoms with E-state index in [0.717, 1.165) is 5.56 Å². The quantitative estimate of drug-likeness (QED) is 0.0560. The molecule has 0 radical (unpaired) electrons. The van der Waals surface area contributed by atoms with Crippen LogP contribution in [-0.4, -0.2) is 91.1 Å². The molecule has 4 aromatic heterocycles. The Morgan fingerprint density at radius 1 is 0.964 bits per heavy atom. The molecule has 0 bridgehead atoms. The van der Waals surface area contributed by atoms with Crippen molar-refractivity contribution in [1.82, 2.24) is 45.9 Å². The van der Waals surface area contributed by atoms with Gasteiger partial charge in [-0.25, -0.2) is 24.7 Å². The van der Waals surface area contributed by atoms with E-state index in [2.05, 4.69) is 50.1 Å². The summed E-state index contributed by atoms with van der Waals surface area (Å²) in [6.07, 6.45) is 2.94. The molecule has 0 unspecified atom stereocenters. The molecule has 0 amide bonds. The van der Waals surface area contributed by atoms with Crippen LogP contribution in [0, 0.1) is 0 Å². The molecule has 0 aliphatic rings. The van der Waals surface area contributed by atoms with E-state index in [1.807, 2.05) is 13.8 Å². The van der Waals surface area contributed by atoms with Crippen LogP contribution in [0.15, 0.2) is 90.2 Å². The second kappa shape index (κ2) is 17.7. The number of hydrogen-bond donors (Lipinski definition) is 4. The maximum absolute atomic E-state index is 13.9. The Labute approximate surface area is 319 Å². The summed E-state index contributed by atoms with van der Waals surface area (Å²) in [5, 5.41) is 30.6. The molecule has 20 nitrogen and oxygen atoms in total. The zero-order valence-corrected chi connectivity index (χ0v) is 30.7. The summed E-state index contributed by atoms with van der Waals surface area (Å²) in [5.41, 5.74) is 2.13. The van der Waals surface area contributed by atoms with Crippen LogP contribution in [-0.2, 0) is 26.2 Å². The number of hydrogen-bond acceptors (Lipinski definition) is 18. The summed E-state index contributed by atoms with van der Waals surface area (Å²) in [5.74, 6) is -0.737. The van der Waals surface area contributed by atoms with Crippen molar-refractivity contribution in [2.45, 2.75) is 31.4 Å². The Hall–Kier alpha value is -6.65. The van der Waals surface area contributed by atoms with Crippen LogP contribution >= 0.6 is 0 Å². The molecule has 6 aromatic rings. The van der Waals surface area contributed by atoms with Crippen LogP contribution < -0.4 is 18.9 Å². The third-order valence-corrected chi connectivity index (χ3v) is 8.97. The van der Waals surface area contributed by atoms with E-state index in [-0.39, 0.29) is 71.2 Å². The molecule has 0 atom stereocenters. The van der Waals surface area contributed by atoms with E-state index >= 15 is 0 Å². The molecule has 2 aromatic carbocycles. The third-order valence-electron chi connectivity index (χ3n) is 7.72. The van der Waals surface area contributed by atoms with Crippen LogP contribution in [0.1, 0.15) is 41.3 Å². The molecule has 56 heavy (non-hydrogen) atoms. The number of nitrogens with zero attached hydrogens (tertiary/aromatic N) is 8. The predicted molar refractivity (Wildman–Crippen MR) is 193 cm³/mol. The molecule has 4 N–H and O–H groups in total. The Balaban J connectivity index is 1.37. The van der Waals surface area contributed by atoms with Crippen LogP contribution in [0.2, 0.25) is 0 Å². The lowest BCUT2D eigenvalue weighted by Crippen LogP contribution is -2.18. The molecule has 290 valence electrons. The van der Waals surface area contributed by atoms with E-state index < -0.39 is 21.4 Å². The molecular weight excluding hydrogens is 753 g/mol. The largest absolute Gasteiger partial charge is 0.493 e. The molecule has 0 spiro atoms. The van der Waals surface area contributed by atoms with Gasteiger partial charge in [0, 0.05) is 18.0 Å². The normalized spacial score (nSPS) is 11.4. The second-order valence-electron chi connectivity index (χ2n) is 11.9. The summed E-state index contributed by atoms with van der Waals surface area (Å²) in [6, 6.07) is 18.9. The number of sulfonamides is 1. The number of H-pyrrole nitrogens is 1. The van der Waals surface area contributed by atoms with Crippen molar-refractivity contribution in [2.24, 2.45) is 0 Å². The van der Waals surface area contributed by atoms with E-state index in [9.17, 15) is 13.2 Å². The number of esters is 1. The molecule has 6 rings (SSSR count). The van der Waals surface area contributed by atoms with Gasteiger partial charge in [-0.2, -0.15) is 13.4 Å². The van der Waals surface area contributed by atoms with Crippen molar-refractivity contribution in [3.8, 4) is 46.0 Å². The fourth-order valence-corrected chi connectivity index (χ4v) is 5.88. The maximum Gasteiger partial charge on any atom is 0.338 e. The van der Waals surface area contributed by atoms with Gasteiger partial charge in [-0.1, -0.05) is 44.2 Å². The first-order valence-electron chi connectivity index (χ1n) is 16.6. The molecule has 4 heterocycles. The average Bonchev–Trinajstić information content (AvgIpc) is 3.75. The highest BCUT2D eigenvalue weighted by atomic mass is 32.2.